The summed E-state index contributed by atoms with van der Waals surface area (Å²) in [4.78, 5) is 18.3. The lowest BCUT2D eigenvalue weighted by Crippen LogP contribution is -3.14. The van der Waals surface area contributed by atoms with Gasteiger partial charge in [0.15, 0.2) is 6.67 Å². The van der Waals surface area contributed by atoms with E-state index in [-0.39, 0.29) is 5.91 Å². The predicted octanol–water partition coefficient (Wildman–Crippen LogP) is -0.335. The quantitative estimate of drug-likeness (QED) is 0.589. The van der Waals surface area contributed by atoms with Crippen molar-refractivity contribution in [3.05, 3.63) is 35.0 Å². The molecule has 9 heteroatoms. The Kier molecular flexibility index (Phi) is 6.79. The predicted molar refractivity (Wildman–Crippen MR) is 109 cm³/mol. The highest BCUT2D eigenvalue weighted by molar-refractivity contribution is 7.71. The van der Waals surface area contributed by atoms with Crippen LogP contribution < -0.4 is 20.5 Å². The molecule has 1 aliphatic heterocycles. The van der Waals surface area contributed by atoms with Gasteiger partial charge in [-0.1, -0.05) is 19.9 Å². The van der Waals surface area contributed by atoms with Crippen molar-refractivity contribution >= 4 is 23.9 Å². The number of carbonyl (C=O) groups excluding carboxylic acids is 1. The molecule has 3 rings (SSSR count). The summed E-state index contributed by atoms with van der Waals surface area (Å²) in [5, 5.41) is 4.73. The first-order valence-electron chi connectivity index (χ1n) is 9.94. The number of hydrogen-bond acceptors (Lipinski definition) is 4. The van der Waals surface area contributed by atoms with E-state index in [1.807, 2.05) is 16.9 Å². The van der Waals surface area contributed by atoms with Gasteiger partial charge in [0.1, 0.15) is 32.0 Å². The second-order valence-corrected chi connectivity index (χ2v) is 8.18. The number of aryl methyl sites for hydroxylation is 1. The van der Waals surface area contributed by atoms with Gasteiger partial charge in [0.25, 0.3) is 5.82 Å². The molecule has 28 heavy (non-hydrogen) atoms. The van der Waals surface area contributed by atoms with Gasteiger partial charge in [0.2, 0.25) is 10.7 Å². The van der Waals surface area contributed by atoms with Gasteiger partial charge in [-0.3, -0.25) is 9.69 Å². The van der Waals surface area contributed by atoms with Gasteiger partial charge in [-0.25, -0.2) is 4.98 Å². The van der Waals surface area contributed by atoms with E-state index in [4.69, 9.17) is 23.1 Å². The molecule has 2 aromatic heterocycles. The molecule has 0 aliphatic carbocycles. The number of piperazine rings is 1. The largest absolute Gasteiger partial charge is 0.370 e. The highest BCUT2D eigenvalue weighted by atomic mass is 32.1. The van der Waals surface area contributed by atoms with E-state index in [1.54, 1.807) is 0 Å². The number of nitrogens with one attached hydrogen (secondary N) is 2. The zero-order valence-corrected chi connectivity index (χ0v) is 17.5. The second-order valence-electron chi connectivity index (χ2n) is 7.81. The van der Waals surface area contributed by atoms with E-state index in [9.17, 15) is 4.79 Å². The maximum Gasteiger partial charge on any atom is 0.274 e. The summed E-state index contributed by atoms with van der Waals surface area (Å²) in [6.07, 6.45) is 2.79. The minimum absolute atomic E-state index is 0.295. The van der Waals surface area contributed by atoms with Crippen LogP contribution in [0.15, 0.2) is 24.4 Å². The molecule has 1 amide bonds. The van der Waals surface area contributed by atoms with Gasteiger partial charge < -0.3 is 15.2 Å². The first kappa shape index (κ1) is 20.5. The van der Waals surface area contributed by atoms with Gasteiger partial charge >= 0.3 is 0 Å². The first-order valence-corrected chi connectivity index (χ1v) is 10.3. The Balaban J connectivity index is 1.67. The molecule has 152 valence electrons. The van der Waals surface area contributed by atoms with Crippen molar-refractivity contribution in [2.24, 2.45) is 11.7 Å². The summed E-state index contributed by atoms with van der Waals surface area (Å²) in [7, 11) is 0. The average molecular weight is 406 g/mol. The molecule has 0 aromatic carbocycles. The van der Waals surface area contributed by atoms with Crippen LogP contribution in [0.3, 0.4) is 0 Å². The number of nitrogens with two attached hydrogens (primary N) is 1. The minimum atomic E-state index is -0.309. The lowest BCUT2D eigenvalue weighted by Gasteiger charge is -2.27. The third kappa shape index (κ3) is 5.17. The van der Waals surface area contributed by atoms with Crippen LogP contribution in [0.1, 0.15) is 26.1 Å². The minimum Gasteiger partial charge on any atom is -0.370 e. The third-order valence-electron chi connectivity index (χ3n) is 5.02. The molecule has 1 aliphatic rings. The number of H-pyrrole nitrogens is 1. The number of primary amides is 1. The van der Waals surface area contributed by atoms with Gasteiger partial charge in [-0.2, -0.15) is 9.78 Å². The molecular weight excluding hydrogens is 374 g/mol. The number of hydrogen-bond donors (Lipinski definition) is 2. The molecule has 0 spiro atoms. The standard InChI is InChI=1S/C19H29N7OS/c1-15(2)13-25-18(7-6-16(20)27)22-26(19(25)28)14-23-9-11-24(12-10-23)17-5-3-4-8-21-17/h3-5,8,15H,6-7,9-14H2,1-2H3,(H2,20,27)/p+2. The summed E-state index contributed by atoms with van der Waals surface area (Å²) in [5.74, 6) is 2.16. The molecule has 2 aromatic rings. The van der Waals surface area contributed by atoms with Gasteiger partial charge in [-0.15, -0.1) is 0 Å². The summed E-state index contributed by atoms with van der Waals surface area (Å²) < 4.78 is 4.73. The van der Waals surface area contributed by atoms with Crippen LogP contribution in [-0.4, -0.2) is 46.4 Å². The number of aromatic amines is 1. The van der Waals surface area contributed by atoms with Crippen molar-refractivity contribution < 1.29 is 14.7 Å². The Morgan fingerprint density at radius 1 is 1.36 bits per heavy atom. The van der Waals surface area contributed by atoms with Gasteiger partial charge in [0, 0.05) is 25.5 Å². The number of rotatable bonds is 8. The molecule has 1 fully saturated rings. The lowest BCUT2D eigenvalue weighted by atomic mass is 10.2. The van der Waals surface area contributed by atoms with E-state index in [1.165, 1.54) is 4.90 Å². The Morgan fingerprint density at radius 3 is 2.71 bits per heavy atom. The van der Waals surface area contributed by atoms with Crippen LogP contribution in [0.5, 0.6) is 0 Å². The topological polar surface area (TPSA) is 87.7 Å². The third-order valence-corrected chi connectivity index (χ3v) is 5.45. The van der Waals surface area contributed by atoms with Gasteiger partial charge in [0.05, 0.1) is 6.20 Å². The smallest absolute Gasteiger partial charge is 0.274 e. The molecule has 0 bridgehead atoms. The summed E-state index contributed by atoms with van der Waals surface area (Å²) in [6, 6.07) is 6.16. The normalized spacial score (nSPS) is 15.3. The Hall–Kier alpha value is -2.26. The van der Waals surface area contributed by atoms with Crippen molar-refractivity contribution in [1.82, 2.24) is 14.3 Å². The number of quaternary nitrogens is 1. The van der Waals surface area contributed by atoms with Crippen molar-refractivity contribution in [3.8, 4) is 0 Å². The molecule has 4 N–H and O–H groups in total. The van der Waals surface area contributed by atoms with Crippen molar-refractivity contribution in [1.29, 1.82) is 0 Å². The average Bonchev–Trinajstić information content (AvgIpc) is 2.96. The van der Waals surface area contributed by atoms with Gasteiger partial charge in [-0.05, 0) is 24.2 Å². The van der Waals surface area contributed by atoms with E-state index >= 15 is 0 Å². The maximum atomic E-state index is 11.2. The fourth-order valence-corrected chi connectivity index (χ4v) is 3.86. The fraction of sp³-hybridized carbons (Fsp3) is 0.579. The molecule has 3 heterocycles. The van der Waals surface area contributed by atoms with Crippen molar-refractivity contribution in [2.75, 3.05) is 31.1 Å². The Labute approximate surface area is 170 Å². The second kappa shape index (κ2) is 9.29. The zero-order valence-electron chi connectivity index (χ0n) is 16.7. The van der Waals surface area contributed by atoms with Crippen LogP contribution >= 0.6 is 12.2 Å². The van der Waals surface area contributed by atoms with Crippen molar-refractivity contribution in [3.63, 3.8) is 0 Å². The number of pyridine rings is 1. The molecule has 0 radical (unpaired) electrons. The van der Waals surface area contributed by atoms with Crippen LogP contribution in [0.4, 0.5) is 5.82 Å². The highest BCUT2D eigenvalue weighted by Crippen LogP contribution is 2.09. The summed E-state index contributed by atoms with van der Waals surface area (Å²) in [5.41, 5.74) is 5.33. The number of carbonyl (C=O) groups is 1. The van der Waals surface area contributed by atoms with Crippen LogP contribution in [0.2, 0.25) is 0 Å². The summed E-state index contributed by atoms with van der Waals surface area (Å²) in [6.45, 7) is 9.90. The SMILES string of the molecule is CC(C)Cn1c(CCC(N)=O)nn(C[NH+]2CCN(c3cccc[nH+]3)CC2)c1=S. The zero-order chi connectivity index (χ0) is 20.1. The van der Waals surface area contributed by atoms with Crippen LogP contribution in [-0.2, 0) is 24.4 Å². The molecule has 0 saturated carbocycles. The fourth-order valence-electron chi connectivity index (χ4n) is 3.57. The van der Waals surface area contributed by atoms with Crippen LogP contribution in [0.25, 0.3) is 0 Å². The molecule has 0 atom stereocenters. The number of aromatic nitrogens is 4. The van der Waals surface area contributed by atoms with E-state index in [2.05, 4.69) is 40.4 Å². The number of nitrogens with zero attached hydrogens (tertiary/aromatic N) is 4. The summed E-state index contributed by atoms with van der Waals surface area (Å²) >= 11 is 5.70. The Bertz CT molecular complexity index is 838. The molecular formula is C19H31N7OS+2. The number of amides is 1. The van der Waals surface area contributed by atoms with Crippen LogP contribution in [0, 0.1) is 10.7 Å². The first-order chi connectivity index (χ1) is 13.4. The molecule has 8 nitrogen and oxygen atoms in total. The van der Waals surface area contributed by atoms with E-state index < -0.39 is 0 Å². The highest BCUT2D eigenvalue weighted by Gasteiger charge is 2.26. The molecule has 0 unspecified atom stereocenters. The monoisotopic (exact) mass is 405 g/mol. The number of anilines is 1. The maximum absolute atomic E-state index is 11.2. The van der Waals surface area contributed by atoms with E-state index in [0.717, 1.165) is 55.8 Å². The Morgan fingerprint density at radius 2 is 2.11 bits per heavy atom. The van der Waals surface area contributed by atoms with Crippen molar-refractivity contribution in [2.45, 2.75) is 39.9 Å². The molecule has 1 saturated heterocycles. The van der Waals surface area contributed by atoms with E-state index in [0.29, 0.717) is 18.8 Å². The lowest BCUT2D eigenvalue weighted by molar-refractivity contribution is -0.924.